The fourth-order valence-electron chi connectivity index (χ4n) is 4.01. The van der Waals surface area contributed by atoms with E-state index in [2.05, 4.69) is 5.32 Å². The van der Waals surface area contributed by atoms with Crippen LogP contribution in [0, 0.1) is 5.82 Å². The molecular weight excluding hydrogens is 349 g/mol. The molecule has 1 atom stereocenters. The zero-order valence-corrected chi connectivity index (χ0v) is 15.2. The maximum atomic E-state index is 13.3. The standard InChI is InChI=1S/C20H20FN3O3/c1-23-17-7-6-15(27-2)11-16(17)20(18(23)25)8-9-24(12-20)19(26)22-14-5-3-4-13(21)10-14/h3-7,10-11H,8-9,12H2,1-2H3,(H,22,26). The zero-order valence-electron chi connectivity index (χ0n) is 15.2. The molecule has 1 spiro atoms. The van der Waals surface area contributed by atoms with Gasteiger partial charge < -0.3 is 19.9 Å². The van der Waals surface area contributed by atoms with Gasteiger partial charge in [0.25, 0.3) is 0 Å². The summed E-state index contributed by atoms with van der Waals surface area (Å²) in [5, 5.41) is 2.70. The van der Waals surface area contributed by atoms with E-state index in [9.17, 15) is 14.0 Å². The maximum Gasteiger partial charge on any atom is 0.321 e. The molecule has 2 aromatic rings. The molecule has 1 saturated heterocycles. The highest BCUT2D eigenvalue weighted by Crippen LogP contribution is 2.48. The van der Waals surface area contributed by atoms with Crippen molar-refractivity contribution in [2.24, 2.45) is 0 Å². The number of amides is 3. The van der Waals surface area contributed by atoms with Gasteiger partial charge in [-0.3, -0.25) is 4.79 Å². The Labute approximate surface area is 156 Å². The van der Waals surface area contributed by atoms with Gasteiger partial charge in [-0.2, -0.15) is 0 Å². The molecule has 2 heterocycles. The van der Waals surface area contributed by atoms with Gasteiger partial charge in [0.05, 0.1) is 12.5 Å². The van der Waals surface area contributed by atoms with E-state index in [1.807, 2.05) is 18.2 Å². The Hall–Kier alpha value is -3.09. The van der Waals surface area contributed by atoms with Crippen LogP contribution in [0.4, 0.5) is 20.6 Å². The zero-order chi connectivity index (χ0) is 19.2. The van der Waals surface area contributed by atoms with Crippen LogP contribution in [0.2, 0.25) is 0 Å². The van der Waals surface area contributed by atoms with Crippen LogP contribution in [0.5, 0.6) is 5.75 Å². The van der Waals surface area contributed by atoms with Gasteiger partial charge in [-0.15, -0.1) is 0 Å². The van der Waals surface area contributed by atoms with E-state index < -0.39 is 11.2 Å². The van der Waals surface area contributed by atoms with E-state index in [4.69, 9.17) is 4.74 Å². The molecule has 0 bridgehead atoms. The van der Waals surface area contributed by atoms with Gasteiger partial charge in [0.2, 0.25) is 5.91 Å². The number of fused-ring (bicyclic) bond motifs is 2. The number of hydrogen-bond acceptors (Lipinski definition) is 3. The molecule has 7 heteroatoms. The summed E-state index contributed by atoms with van der Waals surface area (Å²) in [7, 11) is 3.33. The first-order valence-electron chi connectivity index (χ1n) is 8.73. The molecule has 3 amide bonds. The van der Waals surface area contributed by atoms with Gasteiger partial charge in [0, 0.05) is 31.5 Å². The smallest absolute Gasteiger partial charge is 0.321 e. The summed E-state index contributed by atoms with van der Waals surface area (Å²) < 4.78 is 18.7. The summed E-state index contributed by atoms with van der Waals surface area (Å²) in [6, 6.07) is 11.0. The van der Waals surface area contributed by atoms with Crippen molar-refractivity contribution in [1.82, 2.24) is 4.90 Å². The highest BCUT2D eigenvalue weighted by Gasteiger charge is 2.54. The summed E-state index contributed by atoms with van der Waals surface area (Å²) in [5.74, 6) is 0.241. The number of carbonyl (C=O) groups excluding carboxylic acids is 2. The van der Waals surface area contributed by atoms with Crippen LogP contribution in [-0.4, -0.2) is 44.1 Å². The normalized spacial score (nSPS) is 20.9. The molecule has 4 rings (SSSR count). The fourth-order valence-corrected chi connectivity index (χ4v) is 4.01. The molecule has 0 aliphatic carbocycles. The number of benzene rings is 2. The average Bonchev–Trinajstić information content (AvgIpc) is 3.20. The van der Waals surface area contributed by atoms with Gasteiger partial charge in [0.15, 0.2) is 0 Å². The van der Waals surface area contributed by atoms with E-state index in [0.717, 1.165) is 11.3 Å². The number of ether oxygens (including phenoxy) is 1. The molecule has 2 aliphatic rings. The lowest BCUT2D eigenvalue weighted by Crippen LogP contribution is -2.42. The van der Waals surface area contributed by atoms with E-state index >= 15 is 0 Å². The van der Waals surface area contributed by atoms with Crippen molar-refractivity contribution in [3.05, 3.63) is 53.8 Å². The van der Waals surface area contributed by atoms with Gasteiger partial charge in [-0.1, -0.05) is 6.07 Å². The molecule has 6 nitrogen and oxygen atoms in total. The Bertz CT molecular complexity index is 932. The van der Waals surface area contributed by atoms with Crippen LogP contribution in [-0.2, 0) is 10.2 Å². The quantitative estimate of drug-likeness (QED) is 0.885. The number of urea groups is 1. The van der Waals surface area contributed by atoms with Crippen LogP contribution in [0.15, 0.2) is 42.5 Å². The van der Waals surface area contributed by atoms with Crippen molar-refractivity contribution < 1.29 is 18.7 Å². The molecule has 27 heavy (non-hydrogen) atoms. The van der Waals surface area contributed by atoms with Gasteiger partial charge >= 0.3 is 6.03 Å². The van der Waals surface area contributed by atoms with Crippen LogP contribution in [0.25, 0.3) is 0 Å². The van der Waals surface area contributed by atoms with Crippen molar-refractivity contribution in [3.8, 4) is 5.75 Å². The number of nitrogens with one attached hydrogen (secondary N) is 1. The molecule has 0 aromatic heterocycles. The minimum atomic E-state index is -0.766. The third-order valence-electron chi connectivity index (χ3n) is 5.43. The number of halogens is 1. The van der Waals surface area contributed by atoms with Gasteiger partial charge in [-0.25, -0.2) is 9.18 Å². The second-order valence-electron chi connectivity index (χ2n) is 6.94. The molecule has 1 fully saturated rings. The Kier molecular flexibility index (Phi) is 4.02. The van der Waals surface area contributed by atoms with Gasteiger partial charge in [0.1, 0.15) is 11.6 Å². The third kappa shape index (κ3) is 2.70. The number of methoxy groups -OCH3 is 1. The van der Waals surface area contributed by atoms with E-state index in [1.165, 1.54) is 18.2 Å². The Morgan fingerprint density at radius 2 is 2.07 bits per heavy atom. The van der Waals surface area contributed by atoms with E-state index in [-0.39, 0.29) is 18.5 Å². The van der Waals surface area contributed by atoms with E-state index in [0.29, 0.717) is 24.4 Å². The van der Waals surface area contributed by atoms with Gasteiger partial charge in [-0.05, 0) is 48.4 Å². The second-order valence-corrected chi connectivity index (χ2v) is 6.94. The molecule has 0 radical (unpaired) electrons. The van der Waals surface area contributed by atoms with Crippen molar-refractivity contribution in [3.63, 3.8) is 0 Å². The minimum absolute atomic E-state index is 0.0215. The third-order valence-corrected chi connectivity index (χ3v) is 5.43. The summed E-state index contributed by atoms with van der Waals surface area (Å²) in [4.78, 5) is 28.9. The first kappa shape index (κ1) is 17.3. The fraction of sp³-hybridized carbons (Fsp3) is 0.300. The lowest BCUT2D eigenvalue weighted by molar-refractivity contribution is -0.122. The number of likely N-dealkylation sites (N-methyl/N-ethyl adjacent to an activating group) is 1. The maximum absolute atomic E-state index is 13.3. The Morgan fingerprint density at radius 1 is 1.26 bits per heavy atom. The second kappa shape index (κ2) is 6.26. The SMILES string of the molecule is COc1ccc2c(c1)C1(CCN(C(=O)Nc3cccc(F)c3)C1)C(=O)N2C. The van der Waals surface area contributed by atoms with Crippen LogP contribution >= 0.6 is 0 Å². The first-order chi connectivity index (χ1) is 12.9. The number of hydrogen-bond donors (Lipinski definition) is 1. The number of likely N-dealkylation sites (tertiary alicyclic amines) is 1. The van der Waals surface area contributed by atoms with Crippen molar-refractivity contribution in [1.29, 1.82) is 0 Å². The lowest BCUT2D eigenvalue weighted by Gasteiger charge is -2.24. The summed E-state index contributed by atoms with van der Waals surface area (Å²) >= 11 is 0. The highest BCUT2D eigenvalue weighted by molar-refractivity contribution is 6.09. The molecule has 0 saturated carbocycles. The van der Waals surface area contributed by atoms with Crippen LogP contribution < -0.4 is 15.0 Å². The topological polar surface area (TPSA) is 61.9 Å². The minimum Gasteiger partial charge on any atom is -0.497 e. The monoisotopic (exact) mass is 369 g/mol. The summed E-state index contributed by atoms with van der Waals surface area (Å²) in [5.41, 5.74) is 1.35. The Balaban J connectivity index is 1.60. The van der Waals surface area contributed by atoms with Crippen molar-refractivity contribution in [2.75, 3.05) is 37.5 Å². The Morgan fingerprint density at radius 3 is 2.81 bits per heavy atom. The summed E-state index contributed by atoms with van der Waals surface area (Å²) in [6.07, 6.45) is 0.535. The number of carbonyl (C=O) groups is 2. The largest absolute Gasteiger partial charge is 0.497 e. The number of nitrogens with zero attached hydrogens (tertiary/aromatic N) is 2. The predicted molar refractivity (Wildman–Crippen MR) is 99.7 cm³/mol. The van der Waals surface area contributed by atoms with Crippen molar-refractivity contribution >= 4 is 23.3 Å². The van der Waals surface area contributed by atoms with Crippen molar-refractivity contribution in [2.45, 2.75) is 11.8 Å². The number of rotatable bonds is 2. The lowest BCUT2D eigenvalue weighted by atomic mass is 9.81. The molecule has 2 aliphatic heterocycles. The molecular formula is C20H20FN3O3. The average molecular weight is 369 g/mol. The molecule has 1 N–H and O–H groups in total. The molecule has 1 unspecified atom stereocenters. The number of anilines is 2. The predicted octanol–water partition coefficient (Wildman–Crippen LogP) is 2.99. The summed E-state index contributed by atoms with van der Waals surface area (Å²) in [6.45, 7) is 0.717. The van der Waals surface area contributed by atoms with Crippen LogP contribution in [0.1, 0.15) is 12.0 Å². The molecule has 140 valence electrons. The van der Waals surface area contributed by atoms with Crippen LogP contribution in [0.3, 0.4) is 0 Å². The first-order valence-corrected chi connectivity index (χ1v) is 8.73. The van der Waals surface area contributed by atoms with E-state index in [1.54, 1.807) is 30.0 Å². The highest BCUT2D eigenvalue weighted by atomic mass is 19.1. The molecule has 2 aromatic carbocycles.